The molecule has 3 rings (SSSR count). The van der Waals surface area contributed by atoms with E-state index < -0.39 is 0 Å². The average molecular weight is 197 g/mol. The Kier molecular flexibility index (Phi) is 1.81. The zero-order valence-electron chi connectivity index (χ0n) is 8.22. The van der Waals surface area contributed by atoms with Crippen LogP contribution in [0.25, 0.3) is 10.9 Å². The molecule has 1 N–H and O–H groups in total. The van der Waals surface area contributed by atoms with E-state index in [4.69, 9.17) is 0 Å². The molecule has 0 radical (unpaired) electrons. The fourth-order valence-corrected chi connectivity index (χ4v) is 1.80. The predicted molar refractivity (Wildman–Crippen MR) is 59.6 cm³/mol. The van der Waals surface area contributed by atoms with E-state index in [1.54, 1.807) is 6.20 Å². The van der Waals surface area contributed by atoms with Gasteiger partial charge in [0.05, 0.1) is 12.9 Å². The van der Waals surface area contributed by atoms with Crippen LogP contribution in [0.1, 0.15) is 5.69 Å². The maximum atomic E-state index is 4.02. The summed E-state index contributed by atoms with van der Waals surface area (Å²) in [6.45, 7) is 0.842. The Bertz CT molecular complexity index is 530. The lowest BCUT2D eigenvalue weighted by molar-refractivity contribution is 0.781. The third kappa shape index (κ3) is 1.52. The third-order valence-electron chi connectivity index (χ3n) is 2.50. The van der Waals surface area contributed by atoms with Crippen molar-refractivity contribution in [2.75, 3.05) is 0 Å². The second-order valence-electron chi connectivity index (χ2n) is 3.62. The molecule has 2 aromatic heterocycles. The minimum atomic E-state index is 0.842. The predicted octanol–water partition coefficient (Wildman–Crippen LogP) is 2.41. The third-order valence-corrected chi connectivity index (χ3v) is 2.50. The Morgan fingerprint density at radius 1 is 1.27 bits per heavy atom. The lowest BCUT2D eigenvalue weighted by atomic mass is 10.2. The molecule has 0 aliphatic rings. The van der Waals surface area contributed by atoms with Crippen molar-refractivity contribution in [3.63, 3.8) is 0 Å². The van der Waals surface area contributed by atoms with Gasteiger partial charge in [-0.1, -0.05) is 18.2 Å². The van der Waals surface area contributed by atoms with Gasteiger partial charge in [-0.3, -0.25) is 0 Å². The molecule has 0 saturated carbocycles. The van der Waals surface area contributed by atoms with Crippen LogP contribution in [0.5, 0.6) is 0 Å². The van der Waals surface area contributed by atoms with E-state index in [9.17, 15) is 0 Å². The maximum absolute atomic E-state index is 4.02. The molecule has 1 aromatic carbocycles. The number of para-hydroxylation sites is 1. The second-order valence-corrected chi connectivity index (χ2v) is 3.62. The number of aromatic amines is 1. The number of nitrogens with one attached hydrogen (secondary N) is 1. The molecule has 0 spiro atoms. The van der Waals surface area contributed by atoms with Crippen LogP contribution in [0, 0.1) is 0 Å². The van der Waals surface area contributed by atoms with E-state index >= 15 is 0 Å². The summed E-state index contributed by atoms with van der Waals surface area (Å²) >= 11 is 0. The van der Waals surface area contributed by atoms with Crippen molar-refractivity contribution in [2.24, 2.45) is 0 Å². The molecule has 0 atom stereocenters. The molecule has 0 fully saturated rings. The zero-order valence-corrected chi connectivity index (χ0v) is 8.22. The van der Waals surface area contributed by atoms with Crippen LogP contribution in [-0.4, -0.2) is 14.5 Å². The molecular weight excluding hydrogens is 186 g/mol. The number of hydrogen-bond acceptors (Lipinski definition) is 1. The Labute approximate surface area is 87.4 Å². The number of aromatic nitrogens is 3. The lowest BCUT2D eigenvalue weighted by Crippen LogP contribution is -1.95. The molecule has 3 aromatic rings. The number of nitrogens with zero attached hydrogens (tertiary/aromatic N) is 2. The molecule has 0 saturated heterocycles. The standard InChI is InChI=1S/C12H11N3/c1-2-4-12-10(3-1)7-11(14-12)8-15-6-5-13-9-15/h1-7,9,14H,8H2. The van der Waals surface area contributed by atoms with Gasteiger partial charge in [0.1, 0.15) is 0 Å². The Hall–Kier alpha value is -2.03. The molecule has 0 aliphatic carbocycles. The Balaban J connectivity index is 1.98. The topological polar surface area (TPSA) is 33.6 Å². The molecule has 0 unspecified atom stereocenters. The van der Waals surface area contributed by atoms with Crippen molar-refractivity contribution >= 4 is 10.9 Å². The van der Waals surface area contributed by atoms with Gasteiger partial charge in [0, 0.05) is 23.6 Å². The summed E-state index contributed by atoms with van der Waals surface area (Å²) in [7, 11) is 0. The van der Waals surface area contributed by atoms with Crippen molar-refractivity contribution < 1.29 is 0 Å². The van der Waals surface area contributed by atoms with Crippen molar-refractivity contribution in [1.29, 1.82) is 0 Å². The highest BCUT2D eigenvalue weighted by Gasteiger charge is 1.99. The van der Waals surface area contributed by atoms with Crippen LogP contribution in [-0.2, 0) is 6.54 Å². The highest BCUT2D eigenvalue weighted by atomic mass is 15.0. The van der Waals surface area contributed by atoms with E-state index in [1.807, 2.05) is 23.2 Å². The summed E-state index contributed by atoms with van der Waals surface area (Å²) in [5.41, 5.74) is 2.39. The van der Waals surface area contributed by atoms with Gasteiger partial charge >= 0.3 is 0 Å². The highest BCUT2D eigenvalue weighted by molar-refractivity contribution is 5.80. The molecule has 3 heteroatoms. The van der Waals surface area contributed by atoms with Crippen molar-refractivity contribution in [1.82, 2.24) is 14.5 Å². The first-order valence-electron chi connectivity index (χ1n) is 4.94. The second kappa shape index (κ2) is 3.28. The zero-order chi connectivity index (χ0) is 10.1. The molecule has 0 aliphatic heterocycles. The number of benzene rings is 1. The number of rotatable bonds is 2. The summed E-state index contributed by atoms with van der Waals surface area (Å²) in [6, 6.07) is 10.5. The van der Waals surface area contributed by atoms with Gasteiger partial charge in [-0.15, -0.1) is 0 Å². The van der Waals surface area contributed by atoms with Gasteiger partial charge < -0.3 is 9.55 Å². The van der Waals surface area contributed by atoms with Crippen LogP contribution in [0.3, 0.4) is 0 Å². The van der Waals surface area contributed by atoms with Crippen LogP contribution in [0.2, 0.25) is 0 Å². The largest absolute Gasteiger partial charge is 0.357 e. The van der Waals surface area contributed by atoms with E-state index in [1.165, 1.54) is 16.6 Å². The van der Waals surface area contributed by atoms with Crippen molar-refractivity contribution in [3.05, 3.63) is 54.7 Å². The molecule has 0 amide bonds. The number of hydrogen-bond donors (Lipinski definition) is 1. The highest BCUT2D eigenvalue weighted by Crippen LogP contribution is 2.15. The van der Waals surface area contributed by atoms with Crippen molar-refractivity contribution in [2.45, 2.75) is 6.54 Å². The molecule has 2 heterocycles. The molecule has 3 nitrogen and oxygen atoms in total. The monoisotopic (exact) mass is 197 g/mol. The first kappa shape index (κ1) is 8.29. The quantitative estimate of drug-likeness (QED) is 0.672. The van der Waals surface area contributed by atoms with E-state index in [-0.39, 0.29) is 0 Å². The summed E-state index contributed by atoms with van der Waals surface area (Å²) < 4.78 is 2.05. The fourth-order valence-electron chi connectivity index (χ4n) is 1.80. The smallest absolute Gasteiger partial charge is 0.0949 e. The van der Waals surface area contributed by atoms with Gasteiger partial charge in [0.25, 0.3) is 0 Å². The Morgan fingerprint density at radius 3 is 3.00 bits per heavy atom. The summed E-state index contributed by atoms with van der Waals surface area (Å²) in [6.07, 6.45) is 5.58. The van der Waals surface area contributed by atoms with Crippen LogP contribution in [0.4, 0.5) is 0 Å². The van der Waals surface area contributed by atoms with Gasteiger partial charge in [-0.2, -0.15) is 0 Å². The van der Waals surface area contributed by atoms with E-state index in [0.29, 0.717) is 0 Å². The molecule has 74 valence electrons. The molecule has 0 bridgehead atoms. The molecule has 15 heavy (non-hydrogen) atoms. The van der Waals surface area contributed by atoms with Gasteiger partial charge in [-0.25, -0.2) is 4.98 Å². The fraction of sp³-hybridized carbons (Fsp3) is 0.0833. The average Bonchev–Trinajstić information content (AvgIpc) is 2.86. The van der Waals surface area contributed by atoms with E-state index in [2.05, 4.69) is 34.2 Å². The number of fused-ring (bicyclic) bond motifs is 1. The minimum absolute atomic E-state index is 0.842. The minimum Gasteiger partial charge on any atom is -0.357 e. The normalized spacial score (nSPS) is 10.9. The van der Waals surface area contributed by atoms with Crippen LogP contribution >= 0.6 is 0 Å². The van der Waals surface area contributed by atoms with Gasteiger partial charge in [0.2, 0.25) is 0 Å². The summed E-state index contributed by atoms with van der Waals surface area (Å²) in [5, 5.41) is 1.26. The maximum Gasteiger partial charge on any atom is 0.0949 e. The Morgan fingerprint density at radius 2 is 2.20 bits per heavy atom. The van der Waals surface area contributed by atoms with Crippen molar-refractivity contribution in [3.8, 4) is 0 Å². The lowest BCUT2D eigenvalue weighted by Gasteiger charge is -1.97. The molecular formula is C12H11N3. The van der Waals surface area contributed by atoms with Gasteiger partial charge in [-0.05, 0) is 17.5 Å². The first-order chi connectivity index (χ1) is 7.42. The SMILES string of the molecule is c1ccc2[nH]c(Cn3ccnc3)cc2c1. The number of imidazole rings is 1. The van der Waals surface area contributed by atoms with E-state index in [0.717, 1.165) is 6.54 Å². The van der Waals surface area contributed by atoms with Crippen LogP contribution in [0.15, 0.2) is 49.1 Å². The summed E-state index contributed by atoms with van der Waals surface area (Å²) in [4.78, 5) is 7.41. The number of H-pyrrole nitrogens is 1. The summed E-state index contributed by atoms with van der Waals surface area (Å²) in [5.74, 6) is 0. The first-order valence-corrected chi connectivity index (χ1v) is 4.94. The van der Waals surface area contributed by atoms with Gasteiger partial charge in [0.15, 0.2) is 0 Å². The van der Waals surface area contributed by atoms with Crippen LogP contribution < -0.4 is 0 Å².